The van der Waals surface area contributed by atoms with E-state index in [1.54, 1.807) is 12.5 Å². The standard InChI is InChI=1S/C4H6N2.CH2N4/c1-6-3-2-5-4-6;1-2-4-5-3-1/h2-4H,1H3;1H,(H,2,3,4,5). The van der Waals surface area contributed by atoms with Crippen LogP contribution in [0.2, 0.25) is 0 Å². The van der Waals surface area contributed by atoms with Gasteiger partial charge >= 0.3 is 0 Å². The molecule has 0 aliphatic carbocycles. The van der Waals surface area contributed by atoms with Crippen LogP contribution in [0.15, 0.2) is 25.0 Å². The fourth-order valence-corrected chi connectivity index (χ4v) is 0.455. The smallest absolute Gasteiger partial charge is 0.161 e. The Morgan fingerprint density at radius 2 is 2.36 bits per heavy atom. The molecule has 2 rings (SSSR count). The van der Waals surface area contributed by atoms with Gasteiger partial charge in [-0.25, -0.2) is 4.98 Å². The number of tetrazole rings is 1. The molecule has 0 radical (unpaired) electrons. The van der Waals surface area contributed by atoms with Crippen molar-refractivity contribution in [1.29, 1.82) is 0 Å². The summed E-state index contributed by atoms with van der Waals surface area (Å²) in [5, 5.41) is 12.2. The van der Waals surface area contributed by atoms with Gasteiger partial charge in [-0.15, -0.1) is 10.2 Å². The van der Waals surface area contributed by atoms with Crippen LogP contribution in [0.1, 0.15) is 0 Å². The predicted octanol–water partition coefficient (Wildman–Crippen LogP) is -0.380. The predicted molar refractivity (Wildman–Crippen MR) is 37.4 cm³/mol. The first-order valence-electron chi connectivity index (χ1n) is 2.98. The molecule has 0 saturated heterocycles. The lowest BCUT2D eigenvalue weighted by Gasteiger charge is -1.76. The highest BCUT2D eigenvalue weighted by atomic mass is 15.5. The normalized spacial score (nSPS) is 8.45. The molecular weight excluding hydrogens is 144 g/mol. The van der Waals surface area contributed by atoms with Crippen molar-refractivity contribution < 1.29 is 0 Å². The van der Waals surface area contributed by atoms with Crippen molar-refractivity contribution in [3.63, 3.8) is 0 Å². The fourth-order valence-electron chi connectivity index (χ4n) is 0.455. The monoisotopic (exact) mass is 152 g/mol. The average Bonchev–Trinajstić information content (AvgIpc) is 2.57. The average molecular weight is 152 g/mol. The van der Waals surface area contributed by atoms with E-state index in [0.29, 0.717) is 0 Å². The van der Waals surface area contributed by atoms with Crippen molar-refractivity contribution in [2.24, 2.45) is 7.05 Å². The van der Waals surface area contributed by atoms with Gasteiger partial charge in [0, 0.05) is 19.4 Å². The van der Waals surface area contributed by atoms with E-state index in [1.807, 2.05) is 17.8 Å². The van der Waals surface area contributed by atoms with E-state index >= 15 is 0 Å². The molecule has 0 aliphatic rings. The van der Waals surface area contributed by atoms with Crippen molar-refractivity contribution in [1.82, 2.24) is 30.2 Å². The minimum atomic E-state index is 1.33. The summed E-state index contributed by atoms with van der Waals surface area (Å²) in [6.45, 7) is 0. The van der Waals surface area contributed by atoms with Crippen LogP contribution in [-0.2, 0) is 7.05 Å². The molecule has 6 nitrogen and oxygen atoms in total. The van der Waals surface area contributed by atoms with Gasteiger partial charge in [-0.3, -0.25) is 0 Å². The summed E-state index contributed by atoms with van der Waals surface area (Å²) < 4.78 is 1.89. The third-order valence-corrected chi connectivity index (χ3v) is 0.906. The molecule has 0 fully saturated rings. The quantitative estimate of drug-likeness (QED) is 0.558. The maximum atomic E-state index is 3.78. The first-order chi connectivity index (χ1) is 5.39. The molecule has 0 amide bonds. The second kappa shape index (κ2) is 4.15. The summed E-state index contributed by atoms with van der Waals surface area (Å²) in [6, 6.07) is 0. The number of hydrogen-bond acceptors (Lipinski definition) is 4. The molecule has 0 bridgehead atoms. The van der Waals surface area contributed by atoms with Gasteiger partial charge in [-0.1, -0.05) is 5.21 Å². The number of rotatable bonds is 0. The molecule has 0 aromatic carbocycles. The van der Waals surface area contributed by atoms with Crippen LogP contribution in [0.3, 0.4) is 0 Å². The summed E-state index contributed by atoms with van der Waals surface area (Å²) in [7, 11) is 1.94. The van der Waals surface area contributed by atoms with Gasteiger partial charge in [0.05, 0.1) is 6.33 Å². The highest BCUT2D eigenvalue weighted by molar-refractivity contribution is 4.70. The lowest BCUT2D eigenvalue weighted by molar-refractivity contribution is 0.881. The zero-order chi connectivity index (χ0) is 7.94. The number of hydrogen-bond donors (Lipinski definition) is 1. The second-order valence-electron chi connectivity index (χ2n) is 1.79. The van der Waals surface area contributed by atoms with E-state index in [4.69, 9.17) is 0 Å². The second-order valence-corrected chi connectivity index (χ2v) is 1.79. The van der Waals surface area contributed by atoms with Gasteiger partial charge in [0.2, 0.25) is 0 Å². The van der Waals surface area contributed by atoms with E-state index in [1.165, 1.54) is 6.33 Å². The Bertz CT molecular complexity index is 229. The zero-order valence-corrected chi connectivity index (χ0v) is 6.05. The summed E-state index contributed by atoms with van der Waals surface area (Å²) in [5.74, 6) is 0. The summed E-state index contributed by atoms with van der Waals surface area (Å²) in [6.07, 6.45) is 6.72. The molecule has 1 N–H and O–H groups in total. The third-order valence-electron chi connectivity index (χ3n) is 0.906. The maximum absolute atomic E-state index is 3.78. The Balaban J connectivity index is 0.000000112. The summed E-state index contributed by atoms with van der Waals surface area (Å²) >= 11 is 0. The van der Waals surface area contributed by atoms with Crippen LogP contribution in [0.4, 0.5) is 0 Å². The van der Waals surface area contributed by atoms with Crippen LogP contribution in [0.25, 0.3) is 0 Å². The van der Waals surface area contributed by atoms with E-state index < -0.39 is 0 Å². The number of imidazole rings is 1. The number of aromatic amines is 1. The largest absolute Gasteiger partial charge is 0.341 e. The van der Waals surface area contributed by atoms with Crippen molar-refractivity contribution in [3.8, 4) is 0 Å². The lowest BCUT2D eigenvalue weighted by atomic mass is 10.9. The fraction of sp³-hybridized carbons (Fsp3) is 0.200. The van der Waals surface area contributed by atoms with Crippen LogP contribution in [0, 0.1) is 0 Å². The van der Waals surface area contributed by atoms with Crippen molar-refractivity contribution in [2.75, 3.05) is 0 Å². The van der Waals surface area contributed by atoms with Crippen molar-refractivity contribution >= 4 is 0 Å². The molecular formula is C5H8N6. The molecule has 2 aromatic rings. The zero-order valence-electron chi connectivity index (χ0n) is 6.05. The summed E-state index contributed by atoms with van der Waals surface area (Å²) in [4.78, 5) is 3.78. The number of nitrogens with zero attached hydrogens (tertiary/aromatic N) is 5. The molecule has 0 spiro atoms. The Hall–Kier alpha value is -1.72. The molecule has 11 heavy (non-hydrogen) atoms. The first kappa shape index (κ1) is 7.39. The topological polar surface area (TPSA) is 72.3 Å². The molecule has 2 heterocycles. The molecule has 0 unspecified atom stereocenters. The Labute approximate surface area is 63.3 Å². The van der Waals surface area contributed by atoms with Crippen LogP contribution in [0.5, 0.6) is 0 Å². The molecule has 0 atom stereocenters. The molecule has 6 heteroatoms. The van der Waals surface area contributed by atoms with Gasteiger partial charge in [0.25, 0.3) is 0 Å². The van der Waals surface area contributed by atoms with E-state index in [2.05, 4.69) is 25.6 Å². The highest BCUT2D eigenvalue weighted by Crippen LogP contribution is 1.73. The Morgan fingerprint density at radius 1 is 1.45 bits per heavy atom. The Kier molecular flexibility index (Phi) is 2.79. The van der Waals surface area contributed by atoms with E-state index in [9.17, 15) is 0 Å². The van der Waals surface area contributed by atoms with E-state index in [-0.39, 0.29) is 0 Å². The van der Waals surface area contributed by atoms with Gasteiger partial charge in [0.1, 0.15) is 0 Å². The number of aryl methyl sites for hydroxylation is 1. The number of nitrogens with one attached hydrogen (secondary N) is 1. The maximum Gasteiger partial charge on any atom is 0.161 e. The minimum Gasteiger partial charge on any atom is -0.341 e. The molecule has 2 aromatic heterocycles. The van der Waals surface area contributed by atoms with Crippen molar-refractivity contribution in [2.45, 2.75) is 0 Å². The third kappa shape index (κ3) is 3.09. The number of H-pyrrole nitrogens is 1. The van der Waals surface area contributed by atoms with Gasteiger partial charge in [0.15, 0.2) is 6.33 Å². The van der Waals surface area contributed by atoms with Gasteiger partial charge in [-0.05, 0) is 0 Å². The number of aromatic nitrogens is 6. The van der Waals surface area contributed by atoms with Crippen LogP contribution in [-0.4, -0.2) is 30.2 Å². The first-order valence-corrected chi connectivity index (χ1v) is 2.98. The highest BCUT2D eigenvalue weighted by Gasteiger charge is 1.69. The summed E-state index contributed by atoms with van der Waals surface area (Å²) in [5.41, 5.74) is 0. The van der Waals surface area contributed by atoms with Gasteiger partial charge < -0.3 is 4.57 Å². The SMILES string of the molecule is Cn1ccnc1.c1nn[nH]n1. The van der Waals surface area contributed by atoms with Gasteiger partial charge in [-0.2, -0.15) is 5.21 Å². The lowest BCUT2D eigenvalue weighted by Crippen LogP contribution is -1.76. The van der Waals surface area contributed by atoms with Crippen LogP contribution < -0.4 is 0 Å². The minimum absolute atomic E-state index is 1.33. The van der Waals surface area contributed by atoms with Crippen molar-refractivity contribution in [3.05, 3.63) is 25.0 Å². The molecule has 0 saturated carbocycles. The molecule has 0 aliphatic heterocycles. The van der Waals surface area contributed by atoms with Crippen LogP contribution >= 0.6 is 0 Å². The Morgan fingerprint density at radius 3 is 2.55 bits per heavy atom. The molecule has 58 valence electrons. The van der Waals surface area contributed by atoms with E-state index in [0.717, 1.165) is 0 Å².